The van der Waals surface area contributed by atoms with Crippen LogP contribution in [0.5, 0.6) is 0 Å². The Bertz CT molecular complexity index is 576. The van der Waals surface area contributed by atoms with Crippen molar-refractivity contribution in [3.05, 3.63) is 77.6 Å². The van der Waals surface area contributed by atoms with Gasteiger partial charge < -0.3 is 4.89 Å². The second kappa shape index (κ2) is 6.51. The van der Waals surface area contributed by atoms with Gasteiger partial charge in [-0.15, -0.1) is 0 Å². The maximum Gasteiger partial charge on any atom is 0.222 e. The first-order valence-corrected chi connectivity index (χ1v) is 8.17. The molecule has 0 aliphatic heterocycles. The van der Waals surface area contributed by atoms with E-state index < -0.39 is 7.37 Å². The zero-order chi connectivity index (χ0) is 13.6. The van der Waals surface area contributed by atoms with Crippen molar-refractivity contribution in [1.29, 1.82) is 0 Å². The molecule has 2 aromatic rings. The van der Waals surface area contributed by atoms with E-state index in [0.29, 0.717) is 6.42 Å². The molecule has 0 amide bonds. The Labute approximate surface area is 113 Å². The molecule has 0 saturated heterocycles. The van der Waals surface area contributed by atoms with Gasteiger partial charge in [0.25, 0.3) is 0 Å². The third kappa shape index (κ3) is 4.86. The summed E-state index contributed by atoms with van der Waals surface area (Å²) in [6.07, 6.45) is 2.61. The number of rotatable bonds is 5. The van der Waals surface area contributed by atoms with Crippen LogP contribution < -0.4 is 0 Å². The highest BCUT2D eigenvalue weighted by Crippen LogP contribution is 2.43. The van der Waals surface area contributed by atoms with Gasteiger partial charge in [0, 0.05) is 12.0 Å². The molecule has 0 bridgehead atoms. The molecule has 2 aromatic carbocycles. The first-order valence-electron chi connectivity index (χ1n) is 6.25. The van der Waals surface area contributed by atoms with E-state index in [2.05, 4.69) is 0 Å². The van der Waals surface area contributed by atoms with E-state index in [0.717, 1.165) is 11.1 Å². The summed E-state index contributed by atoms with van der Waals surface area (Å²) in [7, 11) is -3.20. The van der Waals surface area contributed by atoms with Crippen LogP contribution in [0, 0.1) is 0 Å². The van der Waals surface area contributed by atoms with Gasteiger partial charge in [0.15, 0.2) is 0 Å². The van der Waals surface area contributed by atoms with Gasteiger partial charge >= 0.3 is 0 Å². The molecular formula is C16H17O2P. The van der Waals surface area contributed by atoms with Gasteiger partial charge in [-0.2, -0.15) is 0 Å². The lowest BCUT2D eigenvalue weighted by Gasteiger charge is -2.06. The van der Waals surface area contributed by atoms with Crippen LogP contribution in [0.15, 0.2) is 66.5 Å². The van der Waals surface area contributed by atoms with Crippen molar-refractivity contribution in [2.75, 3.05) is 6.16 Å². The third-order valence-electron chi connectivity index (χ3n) is 2.86. The molecule has 0 aromatic heterocycles. The van der Waals surface area contributed by atoms with Crippen molar-refractivity contribution in [2.45, 2.75) is 6.42 Å². The van der Waals surface area contributed by atoms with Crippen LogP contribution in [0.3, 0.4) is 0 Å². The largest absolute Gasteiger partial charge is 0.341 e. The summed E-state index contributed by atoms with van der Waals surface area (Å²) in [5.74, 6) is 1.44. The highest BCUT2D eigenvalue weighted by molar-refractivity contribution is 7.61. The molecule has 19 heavy (non-hydrogen) atoms. The Balaban J connectivity index is 1.95. The van der Waals surface area contributed by atoms with E-state index in [-0.39, 0.29) is 6.16 Å². The quantitative estimate of drug-likeness (QED) is 0.829. The lowest BCUT2D eigenvalue weighted by molar-refractivity contribution is 0.488. The maximum atomic E-state index is 12.0. The zero-order valence-corrected chi connectivity index (χ0v) is 11.5. The molecule has 0 aliphatic carbocycles. The van der Waals surface area contributed by atoms with E-state index in [4.69, 9.17) is 0 Å². The fourth-order valence-corrected chi connectivity index (χ4v) is 2.91. The van der Waals surface area contributed by atoms with Gasteiger partial charge in [-0.1, -0.05) is 60.7 Å². The molecular weight excluding hydrogens is 255 g/mol. The van der Waals surface area contributed by atoms with Gasteiger partial charge in [-0.05, 0) is 23.6 Å². The average molecular weight is 272 g/mol. The maximum absolute atomic E-state index is 12.0. The van der Waals surface area contributed by atoms with E-state index in [1.165, 1.54) is 5.82 Å². The average Bonchev–Trinajstić information content (AvgIpc) is 2.46. The lowest BCUT2D eigenvalue weighted by Crippen LogP contribution is -1.92. The van der Waals surface area contributed by atoms with Gasteiger partial charge in [-0.3, -0.25) is 4.57 Å². The Hall–Kier alpha value is -1.63. The summed E-state index contributed by atoms with van der Waals surface area (Å²) in [5.41, 5.74) is 2.03. The molecule has 0 spiro atoms. The van der Waals surface area contributed by atoms with Crippen LogP contribution in [-0.4, -0.2) is 11.1 Å². The summed E-state index contributed by atoms with van der Waals surface area (Å²) in [4.78, 5) is 9.91. The van der Waals surface area contributed by atoms with Crippen molar-refractivity contribution in [2.24, 2.45) is 0 Å². The molecule has 0 heterocycles. The first kappa shape index (κ1) is 13.8. The molecule has 1 N–H and O–H groups in total. The van der Waals surface area contributed by atoms with Crippen LogP contribution in [0.4, 0.5) is 0 Å². The van der Waals surface area contributed by atoms with Crippen LogP contribution in [0.25, 0.3) is 6.08 Å². The van der Waals surface area contributed by atoms with Crippen molar-refractivity contribution in [3.63, 3.8) is 0 Å². The summed E-state index contributed by atoms with van der Waals surface area (Å²) in [6.45, 7) is 0. The Morgan fingerprint density at radius 3 is 2.16 bits per heavy atom. The Morgan fingerprint density at radius 1 is 0.947 bits per heavy atom. The van der Waals surface area contributed by atoms with Crippen LogP contribution in [-0.2, 0) is 11.0 Å². The van der Waals surface area contributed by atoms with Crippen LogP contribution in [0.1, 0.15) is 11.1 Å². The standard InChI is InChI=1S/C16H17O2P/c17-19(18,13-11-15-7-3-1-4-8-15)14-12-16-9-5-2-6-10-16/h1-11,13H,12,14H2,(H,17,18). The summed E-state index contributed by atoms with van der Waals surface area (Å²) < 4.78 is 12.0. The second-order valence-corrected chi connectivity index (χ2v) is 6.70. The van der Waals surface area contributed by atoms with E-state index >= 15 is 0 Å². The molecule has 2 nitrogen and oxygen atoms in total. The van der Waals surface area contributed by atoms with E-state index in [1.807, 2.05) is 60.7 Å². The summed E-state index contributed by atoms with van der Waals surface area (Å²) >= 11 is 0. The van der Waals surface area contributed by atoms with Gasteiger partial charge in [0.05, 0.1) is 0 Å². The highest BCUT2D eigenvalue weighted by Gasteiger charge is 2.13. The van der Waals surface area contributed by atoms with Crippen molar-refractivity contribution in [1.82, 2.24) is 0 Å². The lowest BCUT2D eigenvalue weighted by atomic mass is 10.2. The third-order valence-corrected chi connectivity index (χ3v) is 4.34. The minimum Gasteiger partial charge on any atom is -0.341 e. The van der Waals surface area contributed by atoms with Crippen molar-refractivity contribution < 1.29 is 9.46 Å². The topological polar surface area (TPSA) is 37.3 Å². The number of hydrogen-bond donors (Lipinski definition) is 1. The molecule has 0 radical (unpaired) electrons. The smallest absolute Gasteiger partial charge is 0.222 e. The van der Waals surface area contributed by atoms with E-state index in [1.54, 1.807) is 6.08 Å². The summed E-state index contributed by atoms with van der Waals surface area (Å²) in [5, 5.41) is 0. The molecule has 0 saturated carbocycles. The number of hydrogen-bond acceptors (Lipinski definition) is 1. The molecule has 3 heteroatoms. The Morgan fingerprint density at radius 2 is 1.53 bits per heavy atom. The van der Waals surface area contributed by atoms with Gasteiger partial charge in [0.1, 0.15) is 0 Å². The number of aryl methyl sites for hydroxylation is 1. The summed E-state index contributed by atoms with van der Waals surface area (Å²) in [6, 6.07) is 19.3. The Kier molecular flexibility index (Phi) is 4.73. The normalized spacial score (nSPS) is 14.4. The highest BCUT2D eigenvalue weighted by atomic mass is 31.2. The monoisotopic (exact) mass is 272 g/mol. The number of benzene rings is 2. The predicted molar refractivity (Wildman–Crippen MR) is 80.3 cm³/mol. The fraction of sp³-hybridized carbons (Fsp3) is 0.125. The molecule has 1 unspecified atom stereocenters. The van der Waals surface area contributed by atoms with Gasteiger partial charge in [-0.25, -0.2) is 0 Å². The molecule has 0 aliphatic rings. The second-order valence-electron chi connectivity index (χ2n) is 4.44. The minimum absolute atomic E-state index is 0.278. The minimum atomic E-state index is -3.20. The van der Waals surface area contributed by atoms with Crippen LogP contribution >= 0.6 is 7.37 Å². The van der Waals surface area contributed by atoms with E-state index in [9.17, 15) is 9.46 Å². The zero-order valence-electron chi connectivity index (χ0n) is 10.6. The molecule has 1 atom stereocenters. The fourth-order valence-electron chi connectivity index (χ4n) is 1.78. The van der Waals surface area contributed by atoms with Crippen molar-refractivity contribution >= 4 is 13.4 Å². The SMILES string of the molecule is O=P(O)(C=Cc1ccccc1)CCc1ccccc1. The molecule has 0 fully saturated rings. The predicted octanol–water partition coefficient (Wildman–Crippen LogP) is 4.17. The van der Waals surface area contributed by atoms with Crippen molar-refractivity contribution in [3.8, 4) is 0 Å². The molecule has 98 valence electrons. The van der Waals surface area contributed by atoms with Gasteiger partial charge in [0.2, 0.25) is 7.37 Å². The molecule has 2 rings (SSSR count). The van der Waals surface area contributed by atoms with Crippen LogP contribution in [0.2, 0.25) is 0 Å². The first-order chi connectivity index (χ1) is 9.16.